The Hall–Kier alpha value is -2.86. The number of aromatic nitrogens is 2. The highest BCUT2D eigenvalue weighted by Crippen LogP contribution is 2.27. The largest absolute Gasteiger partial charge is 0.487 e. The average molecular weight is 326 g/mol. The third-order valence-corrected chi connectivity index (χ3v) is 3.29. The highest BCUT2D eigenvalue weighted by Gasteiger charge is 2.11. The van der Waals surface area contributed by atoms with Crippen molar-refractivity contribution < 1.29 is 19.1 Å². The molecule has 0 radical (unpaired) electrons. The van der Waals surface area contributed by atoms with Gasteiger partial charge in [0.25, 0.3) is 5.89 Å². The molecule has 1 heterocycles. The van der Waals surface area contributed by atoms with E-state index in [9.17, 15) is 0 Å². The van der Waals surface area contributed by atoms with Gasteiger partial charge in [0, 0.05) is 5.56 Å². The molecular formula is C18H18N2O4. The molecule has 0 saturated heterocycles. The van der Waals surface area contributed by atoms with Gasteiger partial charge in [-0.1, -0.05) is 41.1 Å². The van der Waals surface area contributed by atoms with Gasteiger partial charge in [-0.3, -0.25) is 0 Å². The Labute approximate surface area is 139 Å². The Bertz CT molecular complexity index is 801. The predicted molar refractivity (Wildman–Crippen MR) is 87.8 cm³/mol. The van der Waals surface area contributed by atoms with E-state index in [0.717, 1.165) is 11.1 Å². The summed E-state index contributed by atoms with van der Waals surface area (Å²) in [7, 11) is 0. The lowest BCUT2D eigenvalue weighted by molar-refractivity contribution is 0.187. The molecule has 6 heteroatoms. The number of rotatable bonds is 7. The predicted octanol–water partition coefficient (Wildman–Crippen LogP) is 3.00. The van der Waals surface area contributed by atoms with Crippen molar-refractivity contribution in [2.75, 3.05) is 13.2 Å². The number of aliphatic hydroxyl groups is 1. The number of benzene rings is 2. The Morgan fingerprint density at radius 1 is 1.04 bits per heavy atom. The summed E-state index contributed by atoms with van der Waals surface area (Å²) in [6.45, 7) is 2.30. The normalized spacial score (nSPS) is 10.6. The van der Waals surface area contributed by atoms with Crippen molar-refractivity contribution in [1.82, 2.24) is 10.1 Å². The van der Waals surface area contributed by atoms with E-state index in [1.807, 2.05) is 43.3 Å². The fourth-order valence-electron chi connectivity index (χ4n) is 2.20. The standard InChI is InChI=1S/C18H18N2O4/c1-13-5-4-6-14(11-13)18-19-17(24-20-18)12-23-16-8-3-2-7-15(16)22-10-9-21/h2-8,11,21H,9-10,12H2,1H3. The minimum atomic E-state index is -0.0577. The van der Waals surface area contributed by atoms with Crippen LogP contribution in [0.5, 0.6) is 11.5 Å². The van der Waals surface area contributed by atoms with Crippen molar-refractivity contribution >= 4 is 0 Å². The van der Waals surface area contributed by atoms with Gasteiger partial charge in [-0.05, 0) is 25.1 Å². The minimum absolute atomic E-state index is 0.0577. The molecule has 1 N–H and O–H groups in total. The highest BCUT2D eigenvalue weighted by atomic mass is 16.5. The summed E-state index contributed by atoms with van der Waals surface area (Å²) >= 11 is 0. The molecule has 124 valence electrons. The molecule has 6 nitrogen and oxygen atoms in total. The fraction of sp³-hybridized carbons (Fsp3) is 0.222. The van der Waals surface area contributed by atoms with E-state index < -0.39 is 0 Å². The molecule has 24 heavy (non-hydrogen) atoms. The lowest BCUT2D eigenvalue weighted by atomic mass is 10.1. The van der Waals surface area contributed by atoms with Crippen LogP contribution in [-0.4, -0.2) is 28.5 Å². The lowest BCUT2D eigenvalue weighted by Crippen LogP contribution is -2.04. The number of nitrogens with zero attached hydrogens (tertiary/aromatic N) is 2. The first-order chi connectivity index (χ1) is 11.8. The maximum Gasteiger partial charge on any atom is 0.264 e. The van der Waals surface area contributed by atoms with E-state index in [4.69, 9.17) is 19.1 Å². The zero-order valence-corrected chi connectivity index (χ0v) is 13.3. The van der Waals surface area contributed by atoms with Gasteiger partial charge in [0.05, 0.1) is 6.61 Å². The molecule has 0 fully saturated rings. The van der Waals surface area contributed by atoms with Crippen LogP contribution >= 0.6 is 0 Å². The van der Waals surface area contributed by atoms with Crippen molar-refractivity contribution in [2.45, 2.75) is 13.5 Å². The van der Waals surface area contributed by atoms with E-state index in [2.05, 4.69) is 10.1 Å². The van der Waals surface area contributed by atoms with Crippen molar-refractivity contribution in [3.05, 3.63) is 60.0 Å². The summed E-state index contributed by atoms with van der Waals surface area (Å²) in [4.78, 5) is 4.34. The second-order valence-corrected chi connectivity index (χ2v) is 5.19. The Balaban J connectivity index is 1.68. The molecule has 0 bridgehead atoms. The van der Waals surface area contributed by atoms with Crippen molar-refractivity contribution in [3.8, 4) is 22.9 Å². The third kappa shape index (κ3) is 3.91. The number of aryl methyl sites for hydroxylation is 1. The van der Waals surface area contributed by atoms with Crippen molar-refractivity contribution in [2.24, 2.45) is 0 Å². The summed E-state index contributed by atoms with van der Waals surface area (Å²) in [6, 6.07) is 15.1. The van der Waals surface area contributed by atoms with Crippen LogP contribution in [-0.2, 0) is 6.61 Å². The minimum Gasteiger partial charge on any atom is -0.487 e. The zero-order chi connectivity index (χ0) is 16.8. The Morgan fingerprint density at radius 3 is 2.58 bits per heavy atom. The third-order valence-electron chi connectivity index (χ3n) is 3.29. The van der Waals surface area contributed by atoms with Crippen LogP contribution in [0.1, 0.15) is 11.5 Å². The fourth-order valence-corrected chi connectivity index (χ4v) is 2.20. The van der Waals surface area contributed by atoms with E-state index in [1.165, 1.54) is 0 Å². The molecule has 0 aliphatic heterocycles. The average Bonchev–Trinajstić information content (AvgIpc) is 3.08. The Kier molecular flexibility index (Phi) is 5.08. The number of hydrogen-bond acceptors (Lipinski definition) is 6. The second-order valence-electron chi connectivity index (χ2n) is 5.19. The van der Waals surface area contributed by atoms with Crippen LogP contribution in [0.2, 0.25) is 0 Å². The summed E-state index contributed by atoms with van der Waals surface area (Å²) in [5.74, 6) is 2.02. The molecule has 3 rings (SSSR count). The number of para-hydroxylation sites is 2. The zero-order valence-electron chi connectivity index (χ0n) is 13.3. The first kappa shape index (κ1) is 16.0. The number of aliphatic hydroxyl groups excluding tert-OH is 1. The van der Waals surface area contributed by atoms with Gasteiger partial charge in [-0.25, -0.2) is 0 Å². The summed E-state index contributed by atoms with van der Waals surface area (Å²) in [5.41, 5.74) is 2.03. The maximum atomic E-state index is 8.86. The van der Waals surface area contributed by atoms with Crippen LogP contribution in [0.3, 0.4) is 0 Å². The van der Waals surface area contributed by atoms with E-state index in [-0.39, 0.29) is 19.8 Å². The maximum absolute atomic E-state index is 8.86. The molecule has 0 amide bonds. The van der Waals surface area contributed by atoms with Gasteiger partial charge in [0.2, 0.25) is 5.82 Å². The van der Waals surface area contributed by atoms with Gasteiger partial charge in [0.1, 0.15) is 6.61 Å². The van der Waals surface area contributed by atoms with Crippen LogP contribution in [0.4, 0.5) is 0 Å². The van der Waals surface area contributed by atoms with Crippen molar-refractivity contribution in [3.63, 3.8) is 0 Å². The number of ether oxygens (including phenoxy) is 2. The number of hydrogen-bond donors (Lipinski definition) is 1. The molecule has 0 aliphatic carbocycles. The molecule has 3 aromatic rings. The summed E-state index contributed by atoms with van der Waals surface area (Å²) < 4.78 is 16.3. The van der Waals surface area contributed by atoms with E-state index in [1.54, 1.807) is 12.1 Å². The summed E-state index contributed by atoms with van der Waals surface area (Å²) in [5, 5.41) is 12.8. The lowest BCUT2D eigenvalue weighted by Gasteiger charge is -2.10. The first-order valence-electron chi connectivity index (χ1n) is 7.61. The second kappa shape index (κ2) is 7.61. The molecule has 1 aromatic heterocycles. The monoisotopic (exact) mass is 326 g/mol. The van der Waals surface area contributed by atoms with Crippen molar-refractivity contribution in [1.29, 1.82) is 0 Å². The van der Waals surface area contributed by atoms with E-state index in [0.29, 0.717) is 23.2 Å². The van der Waals surface area contributed by atoms with E-state index >= 15 is 0 Å². The van der Waals surface area contributed by atoms with Gasteiger partial charge >= 0.3 is 0 Å². The van der Waals surface area contributed by atoms with Gasteiger partial charge in [0.15, 0.2) is 18.1 Å². The first-order valence-corrected chi connectivity index (χ1v) is 7.61. The van der Waals surface area contributed by atoms with Gasteiger partial charge in [-0.15, -0.1) is 0 Å². The van der Waals surface area contributed by atoms with Crippen LogP contribution in [0.15, 0.2) is 53.1 Å². The van der Waals surface area contributed by atoms with Crippen LogP contribution < -0.4 is 9.47 Å². The Morgan fingerprint density at radius 2 is 1.83 bits per heavy atom. The molecule has 0 aliphatic rings. The topological polar surface area (TPSA) is 77.6 Å². The molecule has 0 unspecified atom stereocenters. The van der Waals surface area contributed by atoms with Gasteiger partial charge in [-0.2, -0.15) is 4.98 Å². The van der Waals surface area contributed by atoms with Crippen LogP contribution in [0.25, 0.3) is 11.4 Å². The molecule has 2 aromatic carbocycles. The molecule has 0 saturated carbocycles. The molecular weight excluding hydrogens is 308 g/mol. The quantitative estimate of drug-likeness (QED) is 0.719. The van der Waals surface area contributed by atoms with Gasteiger partial charge < -0.3 is 19.1 Å². The highest BCUT2D eigenvalue weighted by molar-refractivity contribution is 5.55. The molecule has 0 atom stereocenters. The SMILES string of the molecule is Cc1cccc(-c2noc(COc3ccccc3OCCO)n2)c1. The van der Waals surface area contributed by atoms with Crippen LogP contribution in [0, 0.1) is 6.92 Å². The molecule has 0 spiro atoms. The summed E-state index contributed by atoms with van der Waals surface area (Å²) in [6.07, 6.45) is 0. The smallest absolute Gasteiger partial charge is 0.264 e.